The van der Waals surface area contributed by atoms with E-state index in [9.17, 15) is 0 Å². The summed E-state index contributed by atoms with van der Waals surface area (Å²) in [5, 5.41) is 0. The molecule has 4 aromatic rings. The third-order valence-electron chi connectivity index (χ3n) is 10.7. The van der Waals surface area contributed by atoms with Gasteiger partial charge in [-0.15, -0.1) is 0 Å². The molecule has 0 amide bonds. The van der Waals surface area contributed by atoms with Crippen molar-refractivity contribution in [3.8, 4) is 23.0 Å². The van der Waals surface area contributed by atoms with Gasteiger partial charge in [-0.25, -0.2) is 0 Å². The molecule has 0 bridgehead atoms. The summed E-state index contributed by atoms with van der Waals surface area (Å²) in [5.74, 6) is 2.65. The van der Waals surface area contributed by atoms with Crippen molar-refractivity contribution >= 4 is 0 Å². The predicted octanol–water partition coefficient (Wildman–Crippen LogP) is 8.26. The second kappa shape index (κ2) is 16.3. The van der Waals surface area contributed by atoms with Crippen molar-refractivity contribution in [2.24, 2.45) is 5.41 Å². The van der Waals surface area contributed by atoms with E-state index in [4.69, 9.17) is 28.4 Å². The molecule has 8 nitrogen and oxygen atoms in total. The minimum absolute atomic E-state index is 0.157. The first-order valence-electron chi connectivity index (χ1n) is 18.2. The van der Waals surface area contributed by atoms with Crippen LogP contribution in [0.2, 0.25) is 0 Å². The van der Waals surface area contributed by atoms with Crippen LogP contribution in [0, 0.1) is 5.41 Å². The average Bonchev–Trinajstić information content (AvgIpc) is 3.43. The summed E-state index contributed by atoms with van der Waals surface area (Å²) >= 11 is 0. The highest BCUT2D eigenvalue weighted by atomic mass is 16.8. The van der Waals surface area contributed by atoms with Gasteiger partial charge < -0.3 is 37.4 Å². The number of likely N-dealkylation sites (N-methyl/N-ethyl adjacent to an activating group) is 2. The number of nitrogens with zero attached hydrogens (tertiary/aromatic N) is 2. The Morgan fingerprint density at radius 2 is 0.712 bits per heavy atom. The van der Waals surface area contributed by atoms with Crippen LogP contribution >= 0.6 is 0 Å². The molecule has 8 heteroatoms. The van der Waals surface area contributed by atoms with Gasteiger partial charge in [-0.1, -0.05) is 20.8 Å². The summed E-state index contributed by atoms with van der Waals surface area (Å²) in [4.78, 5) is 0. The maximum Gasteiger partial charge on any atom is 0.171 e. The number of ether oxygens (including phenoxy) is 6. The second-order valence-electron chi connectivity index (χ2n) is 16.1. The minimum Gasteiger partial charge on any atom is -0.497 e. The molecule has 1 saturated heterocycles. The molecule has 1 aliphatic heterocycles. The van der Waals surface area contributed by atoms with Crippen molar-refractivity contribution in [1.29, 1.82) is 0 Å². The standard InChI is InChI=1S/C44H60N2O6/c1-43(2,3)44(4)51-41(31-45(5,27-33-11-19-37(47-7)20-12-33)28-34-13-21-38(48-8)22-14-34)42(52-44)32-46(6,29-35-15-23-39(49-9)24-16-35)30-36-17-25-40(50-10)26-18-36/h11-26,41-42H,27-32H2,1-10H3/q+2/t41-,42?,44?/m1/s1. The van der Waals surface area contributed by atoms with Crippen LogP contribution in [0.4, 0.5) is 0 Å². The van der Waals surface area contributed by atoms with Crippen LogP contribution in [0.1, 0.15) is 49.9 Å². The number of rotatable bonds is 16. The molecule has 52 heavy (non-hydrogen) atoms. The molecule has 5 rings (SSSR count). The van der Waals surface area contributed by atoms with Gasteiger partial charge in [0.15, 0.2) is 5.79 Å². The second-order valence-corrected chi connectivity index (χ2v) is 16.1. The van der Waals surface area contributed by atoms with Crippen LogP contribution in [0.25, 0.3) is 0 Å². The fraction of sp³-hybridized carbons (Fsp3) is 0.455. The van der Waals surface area contributed by atoms with Crippen LogP contribution in [0.5, 0.6) is 23.0 Å². The third kappa shape index (κ3) is 9.86. The van der Waals surface area contributed by atoms with Gasteiger partial charge in [0.25, 0.3) is 0 Å². The van der Waals surface area contributed by atoms with Crippen LogP contribution < -0.4 is 18.9 Å². The SMILES string of the molecule is COc1ccc(C[N+](C)(Cc2ccc(OC)cc2)CC2OC(C)(C(C)(C)C)O[C@@H]2C[N+](C)(Cc2ccc(OC)cc2)Cc2ccc(OC)cc2)cc1. The smallest absolute Gasteiger partial charge is 0.171 e. The fourth-order valence-corrected chi connectivity index (χ4v) is 7.35. The van der Waals surface area contributed by atoms with Crippen molar-refractivity contribution < 1.29 is 37.4 Å². The lowest BCUT2D eigenvalue weighted by molar-refractivity contribution is -0.944. The monoisotopic (exact) mass is 712 g/mol. The van der Waals surface area contributed by atoms with E-state index in [0.29, 0.717) is 0 Å². The van der Waals surface area contributed by atoms with Crippen LogP contribution in [-0.4, -0.2) is 82.6 Å². The zero-order valence-corrected chi connectivity index (χ0v) is 33.0. The molecule has 1 aliphatic rings. The Balaban J connectivity index is 1.50. The number of hydrogen-bond donors (Lipinski definition) is 0. The largest absolute Gasteiger partial charge is 0.497 e. The molecule has 0 N–H and O–H groups in total. The Labute approximate surface area is 312 Å². The Morgan fingerprint density at radius 1 is 0.481 bits per heavy atom. The predicted molar refractivity (Wildman–Crippen MR) is 207 cm³/mol. The van der Waals surface area contributed by atoms with Gasteiger partial charge in [0, 0.05) is 27.7 Å². The molecule has 4 aromatic carbocycles. The number of hydrogen-bond acceptors (Lipinski definition) is 6. The van der Waals surface area contributed by atoms with E-state index in [1.165, 1.54) is 22.3 Å². The van der Waals surface area contributed by atoms with Crippen LogP contribution in [0.15, 0.2) is 97.1 Å². The Morgan fingerprint density at radius 3 is 0.904 bits per heavy atom. The summed E-state index contributed by atoms with van der Waals surface area (Å²) in [6.07, 6.45) is -0.315. The number of quaternary nitrogens is 2. The maximum absolute atomic E-state index is 7.16. The van der Waals surface area contributed by atoms with Gasteiger partial charge in [0.2, 0.25) is 0 Å². The molecular weight excluding hydrogens is 652 g/mol. The van der Waals surface area contributed by atoms with E-state index in [-0.39, 0.29) is 17.6 Å². The Kier molecular flexibility index (Phi) is 12.3. The minimum atomic E-state index is -0.765. The first-order valence-corrected chi connectivity index (χ1v) is 18.2. The topological polar surface area (TPSA) is 55.4 Å². The lowest BCUT2D eigenvalue weighted by Gasteiger charge is -2.40. The Bertz CT molecular complexity index is 1480. The quantitative estimate of drug-likeness (QED) is 0.109. The third-order valence-corrected chi connectivity index (χ3v) is 10.7. The molecule has 2 unspecified atom stereocenters. The van der Waals surface area contributed by atoms with Crippen molar-refractivity contribution in [2.75, 3.05) is 55.6 Å². The normalized spacial score (nSPS) is 19.3. The molecule has 1 fully saturated rings. The molecule has 3 atom stereocenters. The molecular formula is C44H60N2O6+2. The lowest BCUT2D eigenvalue weighted by atomic mass is 9.87. The zero-order chi connectivity index (χ0) is 37.6. The van der Waals surface area contributed by atoms with E-state index in [1.807, 2.05) is 48.5 Å². The van der Waals surface area contributed by atoms with E-state index in [0.717, 1.165) is 71.2 Å². The maximum atomic E-state index is 7.16. The lowest BCUT2D eigenvalue weighted by Crippen LogP contribution is -2.54. The fourth-order valence-electron chi connectivity index (χ4n) is 7.35. The van der Waals surface area contributed by atoms with Gasteiger partial charge in [-0.05, 0) is 104 Å². The van der Waals surface area contributed by atoms with Gasteiger partial charge in [0.1, 0.15) is 74.5 Å². The molecule has 0 radical (unpaired) electrons. The summed E-state index contributed by atoms with van der Waals surface area (Å²) in [6.45, 7) is 13.5. The number of benzene rings is 4. The van der Waals surface area contributed by atoms with E-state index < -0.39 is 5.79 Å². The Hall–Kier alpha value is -4.08. The first-order chi connectivity index (χ1) is 24.7. The molecule has 0 saturated carbocycles. The van der Waals surface area contributed by atoms with Gasteiger partial charge in [0.05, 0.1) is 42.5 Å². The molecule has 0 aliphatic carbocycles. The summed E-state index contributed by atoms with van der Waals surface area (Å²) in [6, 6.07) is 33.7. The van der Waals surface area contributed by atoms with Gasteiger partial charge in [-0.2, -0.15) is 0 Å². The van der Waals surface area contributed by atoms with Crippen molar-refractivity contribution in [2.45, 2.75) is 71.9 Å². The zero-order valence-electron chi connectivity index (χ0n) is 33.0. The summed E-state index contributed by atoms with van der Waals surface area (Å²) in [7, 11) is 11.5. The van der Waals surface area contributed by atoms with Gasteiger partial charge in [-0.3, -0.25) is 0 Å². The van der Waals surface area contributed by atoms with Crippen molar-refractivity contribution in [1.82, 2.24) is 0 Å². The van der Waals surface area contributed by atoms with E-state index in [2.05, 4.69) is 90.3 Å². The van der Waals surface area contributed by atoms with E-state index >= 15 is 0 Å². The van der Waals surface area contributed by atoms with Crippen molar-refractivity contribution in [3.63, 3.8) is 0 Å². The molecule has 1 heterocycles. The van der Waals surface area contributed by atoms with Gasteiger partial charge >= 0.3 is 0 Å². The molecule has 280 valence electrons. The highest BCUT2D eigenvalue weighted by Crippen LogP contribution is 2.44. The van der Waals surface area contributed by atoms with Crippen LogP contribution in [-0.2, 0) is 35.7 Å². The van der Waals surface area contributed by atoms with Crippen LogP contribution in [0.3, 0.4) is 0 Å². The summed E-state index contributed by atoms with van der Waals surface area (Å²) < 4.78 is 37.7. The number of methoxy groups -OCH3 is 4. The summed E-state index contributed by atoms with van der Waals surface area (Å²) in [5.41, 5.74) is 4.72. The average molecular weight is 713 g/mol. The van der Waals surface area contributed by atoms with E-state index in [1.54, 1.807) is 28.4 Å². The first kappa shape index (κ1) is 39.1. The highest BCUT2D eigenvalue weighted by molar-refractivity contribution is 5.29. The van der Waals surface area contributed by atoms with Crippen molar-refractivity contribution in [3.05, 3.63) is 119 Å². The highest BCUT2D eigenvalue weighted by Gasteiger charge is 2.55. The molecule has 0 aromatic heterocycles. The molecule has 0 spiro atoms.